The van der Waals surface area contributed by atoms with Crippen molar-refractivity contribution in [1.82, 2.24) is 0 Å². The topological polar surface area (TPSA) is 72.2 Å². The first kappa shape index (κ1) is 15.4. The van der Waals surface area contributed by atoms with Crippen molar-refractivity contribution in [2.24, 2.45) is 0 Å². The number of nitrogens with one attached hydrogen (secondary N) is 1. The van der Waals surface area contributed by atoms with Crippen LogP contribution >= 0.6 is 0 Å². The molecule has 3 N–H and O–H groups in total. The van der Waals surface area contributed by atoms with Crippen LogP contribution in [0.3, 0.4) is 0 Å². The lowest BCUT2D eigenvalue weighted by atomic mass is 10.2. The third-order valence-corrected chi connectivity index (χ3v) is 5.07. The summed E-state index contributed by atoms with van der Waals surface area (Å²) >= 11 is 0. The molecule has 0 atom stereocenters. The Labute approximate surface area is 125 Å². The van der Waals surface area contributed by atoms with E-state index in [-0.39, 0.29) is 5.75 Å². The Balaban J connectivity index is 2.03. The molecular weight excluding hydrogens is 284 g/mol. The van der Waals surface area contributed by atoms with Crippen molar-refractivity contribution in [2.45, 2.75) is 24.8 Å². The highest BCUT2D eigenvalue weighted by molar-refractivity contribution is 7.91. The van der Waals surface area contributed by atoms with E-state index in [1.54, 1.807) is 24.3 Å². The van der Waals surface area contributed by atoms with E-state index in [4.69, 9.17) is 5.73 Å². The highest BCUT2D eigenvalue weighted by Gasteiger charge is 2.12. The lowest BCUT2D eigenvalue weighted by Crippen LogP contribution is -2.06. The zero-order valence-corrected chi connectivity index (χ0v) is 12.9. The minimum Gasteiger partial charge on any atom is -0.399 e. The van der Waals surface area contributed by atoms with Gasteiger partial charge in [0.2, 0.25) is 0 Å². The number of rotatable bonds is 6. The van der Waals surface area contributed by atoms with Gasteiger partial charge < -0.3 is 11.1 Å². The summed E-state index contributed by atoms with van der Waals surface area (Å²) in [7, 11) is -3.14. The Hall–Kier alpha value is -2.01. The summed E-state index contributed by atoms with van der Waals surface area (Å²) in [6, 6.07) is 14.5. The van der Waals surface area contributed by atoms with Gasteiger partial charge in [0, 0.05) is 17.9 Å². The summed E-state index contributed by atoms with van der Waals surface area (Å²) in [6.45, 7) is 2.51. The second-order valence-corrected chi connectivity index (χ2v) is 7.05. The number of hydrogen-bond acceptors (Lipinski definition) is 4. The maximum Gasteiger partial charge on any atom is 0.178 e. The highest BCUT2D eigenvalue weighted by Crippen LogP contribution is 2.17. The predicted octanol–water partition coefficient (Wildman–Crippen LogP) is 3.06. The zero-order chi connectivity index (χ0) is 15.3. The van der Waals surface area contributed by atoms with Gasteiger partial charge in [0.05, 0.1) is 10.6 Å². The number of anilines is 2. The fourth-order valence-corrected chi connectivity index (χ4v) is 3.40. The molecular formula is C16H20N2O2S. The van der Waals surface area contributed by atoms with Crippen LogP contribution in [0.1, 0.15) is 18.9 Å². The number of nitrogen functional groups attached to an aromatic ring is 1. The largest absolute Gasteiger partial charge is 0.399 e. The van der Waals surface area contributed by atoms with Crippen LogP contribution in [-0.4, -0.2) is 14.2 Å². The van der Waals surface area contributed by atoms with Crippen molar-refractivity contribution in [1.29, 1.82) is 0 Å². The Morgan fingerprint density at radius 1 is 1.10 bits per heavy atom. The van der Waals surface area contributed by atoms with Crippen LogP contribution in [-0.2, 0) is 16.4 Å². The predicted molar refractivity (Wildman–Crippen MR) is 87.0 cm³/mol. The summed E-state index contributed by atoms with van der Waals surface area (Å²) in [6.07, 6.45) is 0.623. The first-order valence-electron chi connectivity index (χ1n) is 6.92. The van der Waals surface area contributed by atoms with Crippen molar-refractivity contribution in [3.05, 3.63) is 54.1 Å². The minimum atomic E-state index is -3.14. The Bertz CT molecular complexity index is 694. The normalized spacial score (nSPS) is 11.3. The molecule has 0 radical (unpaired) electrons. The van der Waals surface area contributed by atoms with Crippen molar-refractivity contribution < 1.29 is 8.42 Å². The van der Waals surface area contributed by atoms with E-state index in [1.165, 1.54) is 0 Å². The average molecular weight is 304 g/mol. The number of sulfone groups is 1. The molecule has 112 valence electrons. The fraction of sp³-hybridized carbons (Fsp3) is 0.250. The van der Waals surface area contributed by atoms with E-state index in [2.05, 4.69) is 5.32 Å². The van der Waals surface area contributed by atoms with Gasteiger partial charge in [-0.1, -0.05) is 19.1 Å². The first-order chi connectivity index (χ1) is 10.0. The third kappa shape index (κ3) is 4.23. The molecule has 0 heterocycles. The van der Waals surface area contributed by atoms with Gasteiger partial charge in [0.1, 0.15) is 0 Å². The molecule has 0 fully saturated rings. The zero-order valence-electron chi connectivity index (χ0n) is 12.0. The fourth-order valence-electron chi connectivity index (χ4n) is 2.07. The smallest absolute Gasteiger partial charge is 0.178 e. The molecule has 0 spiro atoms. The van der Waals surface area contributed by atoms with Gasteiger partial charge in [-0.3, -0.25) is 0 Å². The minimum absolute atomic E-state index is 0.184. The molecule has 0 aromatic heterocycles. The standard InChI is InChI=1S/C16H20N2O2S/c1-2-10-21(19,20)16-8-6-15(7-9-16)18-12-13-4-3-5-14(17)11-13/h3-9,11,18H,2,10,12,17H2,1H3. The second-order valence-electron chi connectivity index (χ2n) is 4.94. The molecule has 0 aliphatic carbocycles. The molecule has 0 amide bonds. The van der Waals surface area contributed by atoms with E-state index >= 15 is 0 Å². The van der Waals surface area contributed by atoms with E-state index in [0.29, 0.717) is 17.9 Å². The van der Waals surface area contributed by atoms with Crippen molar-refractivity contribution in [3.8, 4) is 0 Å². The molecule has 0 saturated heterocycles. The van der Waals surface area contributed by atoms with E-state index < -0.39 is 9.84 Å². The molecule has 0 aliphatic heterocycles. The molecule has 2 rings (SSSR count). The SMILES string of the molecule is CCCS(=O)(=O)c1ccc(NCc2cccc(N)c2)cc1. The maximum absolute atomic E-state index is 11.9. The Morgan fingerprint density at radius 3 is 2.43 bits per heavy atom. The van der Waals surface area contributed by atoms with Gasteiger partial charge in [-0.25, -0.2) is 8.42 Å². The molecule has 5 heteroatoms. The van der Waals surface area contributed by atoms with E-state index in [1.807, 2.05) is 31.2 Å². The molecule has 21 heavy (non-hydrogen) atoms. The van der Waals surface area contributed by atoms with Gasteiger partial charge in [-0.05, 0) is 48.4 Å². The Kier molecular flexibility index (Phi) is 4.85. The number of hydrogen-bond donors (Lipinski definition) is 2. The average Bonchev–Trinajstić information content (AvgIpc) is 2.46. The number of benzene rings is 2. The second kappa shape index (κ2) is 6.63. The lowest BCUT2D eigenvalue weighted by Gasteiger charge is -2.08. The summed E-state index contributed by atoms with van der Waals surface area (Å²) in [4.78, 5) is 0.374. The molecule has 4 nitrogen and oxygen atoms in total. The summed E-state index contributed by atoms with van der Waals surface area (Å²) in [5.41, 5.74) is 8.42. The van der Waals surface area contributed by atoms with Gasteiger partial charge >= 0.3 is 0 Å². The van der Waals surface area contributed by atoms with Crippen LogP contribution in [0.25, 0.3) is 0 Å². The van der Waals surface area contributed by atoms with Crippen LogP contribution in [0.15, 0.2) is 53.4 Å². The quantitative estimate of drug-likeness (QED) is 0.805. The summed E-state index contributed by atoms with van der Waals surface area (Å²) < 4.78 is 23.9. The highest BCUT2D eigenvalue weighted by atomic mass is 32.2. The molecule has 0 unspecified atom stereocenters. The number of nitrogens with two attached hydrogens (primary N) is 1. The Morgan fingerprint density at radius 2 is 1.81 bits per heavy atom. The van der Waals surface area contributed by atoms with Crippen LogP contribution in [0, 0.1) is 0 Å². The molecule has 0 bridgehead atoms. The van der Waals surface area contributed by atoms with Crippen molar-refractivity contribution >= 4 is 21.2 Å². The van der Waals surface area contributed by atoms with Gasteiger partial charge in [0.15, 0.2) is 9.84 Å². The van der Waals surface area contributed by atoms with E-state index in [0.717, 1.165) is 16.9 Å². The molecule has 2 aromatic carbocycles. The maximum atomic E-state index is 11.9. The van der Waals surface area contributed by atoms with Crippen LogP contribution < -0.4 is 11.1 Å². The monoisotopic (exact) mass is 304 g/mol. The summed E-state index contributed by atoms with van der Waals surface area (Å²) in [5, 5.41) is 3.25. The van der Waals surface area contributed by atoms with Gasteiger partial charge in [-0.15, -0.1) is 0 Å². The molecule has 0 saturated carbocycles. The summed E-state index contributed by atoms with van der Waals surface area (Å²) in [5.74, 6) is 0.184. The van der Waals surface area contributed by atoms with Crippen molar-refractivity contribution in [3.63, 3.8) is 0 Å². The van der Waals surface area contributed by atoms with Gasteiger partial charge in [0.25, 0.3) is 0 Å². The van der Waals surface area contributed by atoms with Crippen LogP contribution in [0.2, 0.25) is 0 Å². The van der Waals surface area contributed by atoms with Gasteiger partial charge in [-0.2, -0.15) is 0 Å². The lowest BCUT2D eigenvalue weighted by molar-refractivity contribution is 0.595. The molecule has 2 aromatic rings. The first-order valence-corrected chi connectivity index (χ1v) is 8.57. The van der Waals surface area contributed by atoms with Crippen LogP contribution in [0.4, 0.5) is 11.4 Å². The van der Waals surface area contributed by atoms with E-state index in [9.17, 15) is 8.42 Å². The van der Waals surface area contributed by atoms with Crippen molar-refractivity contribution in [2.75, 3.05) is 16.8 Å². The van der Waals surface area contributed by atoms with Crippen LogP contribution in [0.5, 0.6) is 0 Å². The third-order valence-electron chi connectivity index (χ3n) is 3.13. The molecule has 0 aliphatic rings.